The van der Waals surface area contributed by atoms with Gasteiger partial charge in [0.1, 0.15) is 0 Å². The van der Waals surface area contributed by atoms with Crippen molar-refractivity contribution in [2.75, 3.05) is 20.1 Å². The van der Waals surface area contributed by atoms with Crippen molar-refractivity contribution in [3.05, 3.63) is 16.1 Å². The van der Waals surface area contributed by atoms with Crippen molar-refractivity contribution in [2.45, 2.75) is 40.7 Å². The molecule has 0 radical (unpaired) electrons. The van der Waals surface area contributed by atoms with Crippen LogP contribution in [0.2, 0.25) is 0 Å². The van der Waals surface area contributed by atoms with E-state index in [0.717, 1.165) is 42.7 Å². The van der Waals surface area contributed by atoms with Crippen LogP contribution < -0.4 is 5.32 Å². The van der Waals surface area contributed by atoms with Crippen LogP contribution in [-0.2, 0) is 6.54 Å². The van der Waals surface area contributed by atoms with E-state index < -0.39 is 0 Å². The summed E-state index contributed by atoms with van der Waals surface area (Å²) in [5.74, 6) is 1.66. The molecule has 116 valence electrons. The largest absolute Gasteiger partial charge is 0.357 e. The zero-order valence-corrected chi connectivity index (χ0v) is 16.3. The molecule has 0 saturated heterocycles. The molecule has 0 fully saturated rings. The molecule has 1 N–H and O–H groups in total. The summed E-state index contributed by atoms with van der Waals surface area (Å²) in [4.78, 5) is 11.3. The normalized spacial score (nSPS) is 11.4. The van der Waals surface area contributed by atoms with E-state index in [1.54, 1.807) is 11.3 Å². The molecule has 1 aromatic rings. The van der Waals surface area contributed by atoms with Crippen molar-refractivity contribution in [3.63, 3.8) is 0 Å². The fraction of sp³-hybridized carbons (Fsp3) is 0.714. The second kappa shape index (κ2) is 10.4. The van der Waals surface area contributed by atoms with Gasteiger partial charge in [-0.2, -0.15) is 0 Å². The summed E-state index contributed by atoms with van der Waals surface area (Å²) in [5, 5.41) is 6.57. The fourth-order valence-corrected chi connectivity index (χ4v) is 2.30. The number of aryl methyl sites for hydroxylation is 1. The Morgan fingerprint density at radius 1 is 1.50 bits per heavy atom. The highest BCUT2D eigenvalue weighted by atomic mass is 127. The molecule has 1 aromatic heterocycles. The zero-order valence-electron chi connectivity index (χ0n) is 13.1. The number of nitrogens with zero attached hydrogens (tertiary/aromatic N) is 3. The number of nitrogens with one attached hydrogen (secondary N) is 1. The summed E-state index contributed by atoms with van der Waals surface area (Å²) in [6.07, 6.45) is 1.12. The summed E-state index contributed by atoms with van der Waals surface area (Å²) in [7, 11) is 2.06. The van der Waals surface area contributed by atoms with Crippen LogP contribution in [0, 0.1) is 12.8 Å². The molecule has 0 unspecified atom stereocenters. The third-order valence-electron chi connectivity index (χ3n) is 2.73. The average molecular weight is 410 g/mol. The van der Waals surface area contributed by atoms with Gasteiger partial charge in [-0.1, -0.05) is 13.8 Å². The Morgan fingerprint density at radius 2 is 2.20 bits per heavy atom. The van der Waals surface area contributed by atoms with Crippen molar-refractivity contribution in [1.82, 2.24) is 15.2 Å². The highest BCUT2D eigenvalue weighted by Crippen LogP contribution is 2.10. The lowest BCUT2D eigenvalue weighted by molar-refractivity contribution is 0.468. The first-order chi connectivity index (χ1) is 9.02. The molecule has 0 bridgehead atoms. The van der Waals surface area contributed by atoms with E-state index >= 15 is 0 Å². The van der Waals surface area contributed by atoms with Crippen molar-refractivity contribution in [1.29, 1.82) is 0 Å². The SMILES string of the molecule is CCNC(=NCCC(C)C)N(C)Cc1csc(C)n1.I. The first-order valence-electron chi connectivity index (χ1n) is 6.93. The minimum atomic E-state index is 0. The monoisotopic (exact) mass is 410 g/mol. The summed E-state index contributed by atoms with van der Waals surface area (Å²) < 4.78 is 0. The first kappa shape index (κ1) is 19.6. The molecule has 0 aliphatic rings. The maximum Gasteiger partial charge on any atom is 0.194 e. The number of thiazole rings is 1. The van der Waals surface area contributed by atoms with E-state index in [4.69, 9.17) is 0 Å². The van der Waals surface area contributed by atoms with Crippen molar-refractivity contribution in [3.8, 4) is 0 Å². The number of guanidine groups is 1. The molecule has 0 aromatic carbocycles. The van der Waals surface area contributed by atoms with Crippen molar-refractivity contribution < 1.29 is 0 Å². The van der Waals surface area contributed by atoms with Gasteiger partial charge in [0.05, 0.1) is 17.2 Å². The number of aliphatic imine (C=N–C) groups is 1. The second-order valence-electron chi connectivity index (χ2n) is 5.13. The predicted molar refractivity (Wildman–Crippen MR) is 99.2 cm³/mol. The van der Waals surface area contributed by atoms with Crippen LogP contribution in [0.4, 0.5) is 0 Å². The maximum absolute atomic E-state index is 4.66. The quantitative estimate of drug-likeness (QED) is 0.443. The van der Waals surface area contributed by atoms with Crippen molar-refractivity contribution in [2.24, 2.45) is 10.9 Å². The van der Waals surface area contributed by atoms with E-state index in [9.17, 15) is 0 Å². The van der Waals surface area contributed by atoms with Gasteiger partial charge in [-0.25, -0.2) is 4.98 Å². The Labute approximate surface area is 144 Å². The van der Waals surface area contributed by atoms with Gasteiger partial charge in [0.15, 0.2) is 5.96 Å². The zero-order chi connectivity index (χ0) is 14.3. The van der Waals surface area contributed by atoms with Crippen LogP contribution in [0.5, 0.6) is 0 Å². The van der Waals surface area contributed by atoms with Gasteiger partial charge in [-0.05, 0) is 26.2 Å². The minimum absolute atomic E-state index is 0. The summed E-state index contributed by atoms with van der Waals surface area (Å²) >= 11 is 1.70. The molecule has 0 aliphatic carbocycles. The van der Waals surface area contributed by atoms with Gasteiger partial charge >= 0.3 is 0 Å². The number of rotatable bonds is 6. The summed E-state index contributed by atoms with van der Waals surface area (Å²) in [5.41, 5.74) is 1.11. The molecule has 4 nitrogen and oxygen atoms in total. The Morgan fingerprint density at radius 3 is 2.70 bits per heavy atom. The number of hydrogen-bond donors (Lipinski definition) is 1. The molecule has 0 amide bonds. The highest BCUT2D eigenvalue weighted by molar-refractivity contribution is 14.0. The Bertz CT molecular complexity index is 404. The maximum atomic E-state index is 4.66. The number of halogens is 1. The molecule has 6 heteroatoms. The van der Waals surface area contributed by atoms with Crippen LogP contribution in [0.15, 0.2) is 10.4 Å². The lowest BCUT2D eigenvalue weighted by atomic mass is 10.1. The molecule has 0 saturated carbocycles. The van der Waals surface area contributed by atoms with Gasteiger partial charge < -0.3 is 10.2 Å². The molecule has 1 rings (SSSR count). The van der Waals surface area contributed by atoms with Crippen LogP contribution in [-0.4, -0.2) is 36.0 Å². The Balaban J connectivity index is 0.00000361. The predicted octanol–water partition coefficient (Wildman–Crippen LogP) is 3.51. The van der Waals surface area contributed by atoms with Crippen LogP contribution >= 0.6 is 35.3 Å². The van der Waals surface area contributed by atoms with E-state index in [1.165, 1.54) is 0 Å². The van der Waals surface area contributed by atoms with Gasteiger partial charge in [0.25, 0.3) is 0 Å². The molecule has 0 aliphatic heterocycles. The molecule has 1 heterocycles. The van der Waals surface area contributed by atoms with E-state index in [1.807, 2.05) is 6.92 Å². The Kier molecular flexibility index (Phi) is 10.2. The summed E-state index contributed by atoms with van der Waals surface area (Å²) in [6, 6.07) is 0. The Hall–Kier alpha value is -0.370. The topological polar surface area (TPSA) is 40.5 Å². The third-order valence-corrected chi connectivity index (χ3v) is 3.55. The van der Waals surface area contributed by atoms with E-state index in [-0.39, 0.29) is 24.0 Å². The highest BCUT2D eigenvalue weighted by Gasteiger charge is 2.08. The summed E-state index contributed by atoms with van der Waals surface area (Å²) in [6.45, 7) is 11.2. The van der Waals surface area contributed by atoms with Gasteiger partial charge in [-0.3, -0.25) is 4.99 Å². The molecule has 0 spiro atoms. The third kappa shape index (κ3) is 7.42. The van der Waals surface area contributed by atoms with Crippen LogP contribution in [0.25, 0.3) is 0 Å². The number of aromatic nitrogens is 1. The van der Waals surface area contributed by atoms with E-state index in [2.05, 4.69) is 53.4 Å². The van der Waals surface area contributed by atoms with Gasteiger partial charge in [0.2, 0.25) is 0 Å². The lowest BCUT2D eigenvalue weighted by Crippen LogP contribution is -2.38. The van der Waals surface area contributed by atoms with E-state index in [0.29, 0.717) is 5.92 Å². The fourth-order valence-electron chi connectivity index (χ4n) is 1.70. The molecular weight excluding hydrogens is 383 g/mol. The van der Waals surface area contributed by atoms with Crippen LogP contribution in [0.1, 0.15) is 37.9 Å². The number of hydrogen-bond acceptors (Lipinski definition) is 3. The van der Waals surface area contributed by atoms with Crippen LogP contribution in [0.3, 0.4) is 0 Å². The van der Waals surface area contributed by atoms with Crippen molar-refractivity contribution >= 4 is 41.3 Å². The average Bonchev–Trinajstić information content (AvgIpc) is 2.73. The standard InChI is InChI=1S/C14H26N4S.HI/c1-6-15-14(16-8-7-11(2)3)18(5)9-13-10-19-12(4)17-13;/h10-11H,6-9H2,1-5H3,(H,15,16);1H. The molecule has 20 heavy (non-hydrogen) atoms. The minimum Gasteiger partial charge on any atom is -0.357 e. The molecular formula is C14H27IN4S. The second-order valence-corrected chi connectivity index (χ2v) is 6.19. The smallest absolute Gasteiger partial charge is 0.194 e. The van der Waals surface area contributed by atoms with Gasteiger partial charge in [-0.15, -0.1) is 35.3 Å². The van der Waals surface area contributed by atoms with Gasteiger partial charge in [0, 0.05) is 25.5 Å². The molecule has 0 atom stereocenters. The first-order valence-corrected chi connectivity index (χ1v) is 7.81. The lowest BCUT2D eigenvalue weighted by Gasteiger charge is -2.21.